The fourth-order valence-corrected chi connectivity index (χ4v) is 2.78. The molecule has 0 aliphatic carbocycles. The Labute approximate surface area is 97.9 Å². The van der Waals surface area contributed by atoms with Crippen LogP contribution in [0.25, 0.3) is 0 Å². The second kappa shape index (κ2) is 4.10. The monoisotopic (exact) mass is 219 g/mol. The average molecular weight is 219 g/mol. The van der Waals surface area contributed by atoms with Gasteiger partial charge in [-0.15, -0.1) is 0 Å². The molecule has 1 fully saturated rings. The quantitative estimate of drug-likeness (QED) is 0.824. The lowest BCUT2D eigenvalue weighted by Gasteiger charge is -2.37. The van der Waals surface area contributed by atoms with Crippen molar-refractivity contribution < 1.29 is 5.11 Å². The molecule has 0 spiro atoms. The van der Waals surface area contributed by atoms with Gasteiger partial charge in [-0.1, -0.05) is 12.1 Å². The first-order valence-corrected chi connectivity index (χ1v) is 6.06. The first-order valence-electron chi connectivity index (χ1n) is 6.06. The number of phenols is 1. The van der Waals surface area contributed by atoms with Crippen LogP contribution in [0.15, 0.2) is 24.3 Å². The molecule has 1 aliphatic rings. The molecule has 16 heavy (non-hydrogen) atoms. The Hall–Kier alpha value is -1.02. The summed E-state index contributed by atoms with van der Waals surface area (Å²) < 4.78 is 0. The summed E-state index contributed by atoms with van der Waals surface area (Å²) >= 11 is 0. The summed E-state index contributed by atoms with van der Waals surface area (Å²) in [7, 11) is 0. The third-order valence-electron chi connectivity index (χ3n) is 3.81. The summed E-state index contributed by atoms with van der Waals surface area (Å²) in [6.45, 7) is 8.06. The summed E-state index contributed by atoms with van der Waals surface area (Å²) in [5.41, 5.74) is 1.59. The molecule has 0 radical (unpaired) electrons. The van der Waals surface area contributed by atoms with Crippen molar-refractivity contribution in [3.8, 4) is 5.75 Å². The normalized spacial score (nSPS) is 22.2. The summed E-state index contributed by atoms with van der Waals surface area (Å²) in [5, 5.41) is 9.29. The molecule has 0 amide bonds. The van der Waals surface area contributed by atoms with Crippen molar-refractivity contribution in [3.05, 3.63) is 29.8 Å². The molecular formula is C14H21NO. The van der Waals surface area contributed by atoms with Gasteiger partial charge in [-0.2, -0.15) is 0 Å². The molecule has 0 bridgehead atoms. The van der Waals surface area contributed by atoms with Crippen molar-refractivity contribution >= 4 is 0 Å². The van der Waals surface area contributed by atoms with Gasteiger partial charge in [0.2, 0.25) is 0 Å². The zero-order valence-corrected chi connectivity index (χ0v) is 10.4. The number of likely N-dealkylation sites (tertiary alicyclic amines) is 1. The highest BCUT2D eigenvalue weighted by molar-refractivity contribution is 5.28. The van der Waals surface area contributed by atoms with Crippen molar-refractivity contribution in [1.82, 2.24) is 4.90 Å². The van der Waals surface area contributed by atoms with Gasteiger partial charge in [-0.05, 0) is 57.9 Å². The summed E-state index contributed by atoms with van der Waals surface area (Å²) in [5.74, 6) is 0.344. The molecule has 1 saturated heterocycles. The van der Waals surface area contributed by atoms with Crippen LogP contribution in [0.2, 0.25) is 0 Å². The zero-order chi connectivity index (χ0) is 11.8. The zero-order valence-electron chi connectivity index (χ0n) is 10.4. The van der Waals surface area contributed by atoms with E-state index in [2.05, 4.69) is 25.7 Å². The topological polar surface area (TPSA) is 23.5 Å². The molecule has 1 N–H and O–H groups in total. The van der Waals surface area contributed by atoms with E-state index in [0.717, 1.165) is 0 Å². The summed E-state index contributed by atoms with van der Waals surface area (Å²) in [6.07, 6.45) is 2.56. The van der Waals surface area contributed by atoms with Crippen LogP contribution in [0.3, 0.4) is 0 Å². The van der Waals surface area contributed by atoms with Crippen LogP contribution in [-0.2, 0) is 0 Å². The second-order valence-corrected chi connectivity index (χ2v) is 5.38. The molecule has 1 aromatic rings. The Morgan fingerprint density at radius 1 is 1.25 bits per heavy atom. The van der Waals surface area contributed by atoms with Gasteiger partial charge >= 0.3 is 0 Å². The van der Waals surface area contributed by atoms with Crippen molar-refractivity contribution in [2.24, 2.45) is 0 Å². The second-order valence-electron chi connectivity index (χ2n) is 5.38. The average Bonchev–Trinajstić information content (AvgIpc) is 2.58. The minimum Gasteiger partial charge on any atom is -0.508 e. The Bertz CT molecular complexity index is 356. The SMILES string of the molecule is CC(c1ccc(O)cc1)N1CCCC1(C)C. The lowest BCUT2D eigenvalue weighted by Crippen LogP contribution is -2.39. The van der Waals surface area contributed by atoms with Gasteiger partial charge in [0.25, 0.3) is 0 Å². The van der Waals surface area contributed by atoms with Crippen LogP contribution >= 0.6 is 0 Å². The minimum absolute atomic E-state index is 0.303. The predicted molar refractivity (Wildman–Crippen MR) is 66.5 cm³/mol. The van der Waals surface area contributed by atoms with Crippen LogP contribution in [0.5, 0.6) is 5.75 Å². The Balaban J connectivity index is 2.18. The minimum atomic E-state index is 0.303. The molecule has 0 saturated carbocycles. The predicted octanol–water partition coefficient (Wildman–Crippen LogP) is 3.33. The van der Waals surface area contributed by atoms with E-state index in [1.165, 1.54) is 24.9 Å². The molecule has 1 unspecified atom stereocenters. The molecule has 1 aromatic carbocycles. The van der Waals surface area contributed by atoms with Crippen LogP contribution in [0.1, 0.15) is 45.2 Å². The van der Waals surface area contributed by atoms with Crippen LogP contribution in [0.4, 0.5) is 0 Å². The molecule has 1 heterocycles. The van der Waals surface area contributed by atoms with Gasteiger partial charge in [0.05, 0.1) is 0 Å². The van der Waals surface area contributed by atoms with Crippen LogP contribution in [0, 0.1) is 0 Å². The highest BCUT2D eigenvalue weighted by Gasteiger charge is 2.35. The molecule has 2 rings (SSSR count). The van der Waals surface area contributed by atoms with E-state index in [1.54, 1.807) is 12.1 Å². The molecule has 2 nitrogen and oxygen atoms in total. The first kappa shape index (κ1) is 11.5. The molecule has 2 heteroatoms. The van der Waals surface area contributed by atoms with E-state index in [1.807, 2.05) is 12.1 Å². The number of rotatable bonds is 2. The third-order valence-corrected chi connectivity index (χ3v) is 3.81. The number of hydrogen-bond donors (Lipinski definition) is 1. The maximum atomic E-state index is 9.29. The molecular weight excluding hydrogens is 198 g/mol. The first-order chi connectivity index (χ1) is 7.50. The lowest BCUT2D eigenvalue weighted by molar-refractivity contribution is 0.125. The molecule has 1 aliphatic heterocycles. The van der Waals surface area contributed by atoms with E-state index < -0.39 is 0 Å². The van der Waals surface area contributed by atoms with Crippen LogP contribution in [-0.4, -0.2) is 22.1 Å². The van der Waals surface area contributed by atoms with E-state index >= 15 is 0 Å². The van der Waals surface area contributed by atoms with Crippen LogP contribution < -0.4 is 0 Å². The van der Waals surface area contributed by atoms with Gasteiger partial charge in [0.1, 0.15) is 5.75 Å². The van der Waals surface area contributed by atoms with Gasteiger partial charge in [0, 0.05) is 11.6 Å². The van der Waals surface area contributed by atoms with E-state index in [4.69, 9.17) is 0 Å². The van der Waals surface area contributed by atoms with E-state index in [-0.39, 0.29) is 0 Å². The van der Waals surface area contributed by atoms with Crippen molar-refractivity contribution in [3.63, 3.8) is 0 Å². The van der Waals surface area contributed by atoms with E-state index in [0.29, 0.717) is 17.3 Å². The van der Waals surface area contributed by atoms with Gasteiger partial charge < -0.3 is 5.11 Å². The molecule has 88 valence electrons. The van der Waals surface area contributed by atoms with Gasteiger partial charge in [0.15, 0.2) is 0 Å². The number of aromatic hydroxyl groups is 1. The smallest absolute Gasteiger partial charge is 0.115 e. The summed E-state index contributed by atoms with van der Waals surface area (Å²) in [4.78, 5) is 2.55. The lowest BCUT2D eigenvalue weighted by atomic mass is 9.98. The summed E-state index contributed by atoms with van der Waals surface area (Å²) in [6, 6.07) is 8.02. The highest BCUT2D eigenvalue weighted by atomic mass is 16.3. The van der Waals surface area contributed by atoms with Gasteiger partial charge in [-0.25, -0.2) is 0 Å². The highest BCUT2D eigenvalue weighted by Crippen LogP contribution is 2.36. The van der Waals surface area contributed by atoms with Crippen molar-refractivity contribution in [1.29, 1.82) is 0 Å². The molecule has 1 atom stereocenters. The number of benzene rings is 1. The van der Waals surface area contributed by atoms with Crippen molar-refractivity contribution in [2.45, 2.75) is 45.2 Å². The Kier molecular flexibility index (Phi) is 2.94. The fraction of sp³-hybridized carbons (Fsp3) is 0.571. The maximum absolute atomic E-state index is 9.29. The van der Waals surface area contributed by atoms with Gasteiger partial charge in [-0.3, -0.25) is 4.90 Å². The number of phenolic OH excluding ortho intramolecular Hbond substituents is 1. The third kappa shape index (κ3) is 2.07. The number of hydrogen-bond acceptors (Lipinski definition) is 2. The Morgan fingerprint density at radius 2 is 1.88 bits per heavy atom. The Morgan fingerprint density at radius 3 is 2.38 bits per heavy atom. The number of nitrogens with zero attached hydrogens (tertiary/aromatic N) is 1. The standard InChI is InChI=1S/C14H21NO/c1-11(12-5-7-13(16)8-6-12)15-10-4-9-14(15,2)3/h5-8,11,16H,4,9-10H2,1-3H3. The van der Waals surface area contributed by atoms with Crippen molar-refractivity contribution in [2.75, 3.05) is 6.54 Å². The fourth-order valence-electron chi connectivity index (χ4n) is 2.78. The van der Waals surface area contributed by atoms with E-state index in [9.17, 15) is 5.11 Å². The maximum Gasteiger partial charge on any atom is 0.115 e. The largest absolute Gasteiger partial charge is 0.508 e. The molecule has 0 aromatic heterocycles.